The molecule has 1 aliphatic rings. The van der Waals surface area contributed by atoms with E-state index in [2.05, 4.69) is 5.10 Å². The van der Waals surface area contributed by atoms with Crippen LogP contribution in [-0.4, -0.2) is 44.8 Å². The second kappa shape index (κ2) is 6.47. The first kappa shape index (κ1) is 16.2. The molecule has 1 saturated heterocycles. The zero-order valence-corrected chi connectivity index (χ0v) is 13.9. The topological polar surface area (TPSA) is 75.4 Å². The number of carbonyl (C=O) groups is 2. The van der Waals surface area contributed by atoms with E-state index in [0.717, 1.165) is 24.0 Å². The first-order valence-electron chi connectivity index (χ1n) is 8.11. The molecule has 1 N–H and O–H groups in total. The van der Waals surface area contributed by atoms with Crippen LogP contribution in [0.4, 0.5) is 0 Å². The number of aromatic carboxylic acids is 1. The Hall–Kier alpha value is -2.63. The van der Waals surface area contributed by atoms with Gasteiger partial charge < -0.3 is 10.0 Å². The highest BCUT2D eigenvalue weighted by atomic mass is 16.4. The third-order valence-electron chi connectivity index (χ3n) is 4.75. The van der Waals surface area contributed by atoms with E-state index < -0.39 is 5.97 Å². The second-order valence-electron chi connectivity index (χ2n) is 6.23. The average molecular weight is 327 g/mol. The first-order chi connectivity index (χ1) is 11.5. The fourth-order valence-corrected chi connectivity index (χ4v) is 3.30. The summed E-state index contributed by atoms with van der Waals surface area (Å²) in [5, 5.41) is 13.4. The summed E-state index contributed by atoms with van der Waals surface area (Å²) in [5.41, 5.74) is 2.65. The summed E-state index contributed by atoms with van der Waals surface area (Å²) in [4.78, 5) is 25.7. The molecule has 6 heteroatoms. The van der Waals surface area contributed by atoms with Gasteiger partial charge in [0.25, 0.3) is 5.91 Å². The third kappa shape index (κ3) is 2.91. The number of carboxylic acid groups (broad SMARTS) is 1. The molecule has 1 amide bonds. The van der Waals surface area contributed by atoms with Gasteiger partial charge in [0.05, 0.1) is 17.9 Å². The van der Waals surface area contributed by atoms with E-state index in [-0.39, 0.29) is 17.5 Å². The van der Waals surface area contributed by atoms with Crippen LogP contribution < -0.4 is 0 Å². The number of amides is 1. The maximum absolute atomic E-state index is 12.6. The number of hydrogen-bond acceptors (Lipinski definition) is 3. The molecule has 0 saturated carbocycles. The van der Waals surface area contributed by atoms with Crippen molar-refractivity contribution in [3.63, 3.8) is 0 Å². The van der Waals surface area contributed by atoms with Crippen molar-refractivity contribution >= 4 is 11.9 Å². The van der Waals surface area contributed by atoms with Gasteiger partial charge in [-0.15, -0.1) is 0 Å². The SMILES string of the molecule is Cc1ccccc1C(=O)N1CCC(n2ncc(C(=O)O)c2C)CC1. The molecule has 0 aliphatic carbocycles. The van der Waals surface area contributed by atoms with Gasteiger partial charge in [-0.25, -0.2) is 4.79 Å². The van der Waals surface area contributed by atoms with E-state index in [9.17, 15) is 9.59 Å². The summed E-state index contributed by atoms with van der Waals surface area (Å²) in [6.07, 6.45) is 2.96. The van der Waals surface area contributed by atoms with Crippen LogP contribution in [0.25, 0.3) is 0 Å². The zero-order chi connectivity index (χ0) is 17.3. The number of carboxylic acids is 1. The molecule has 2 heterocycles. The van der Waals surface area contributed by atoms with Crippen LogP contribution >= 0.6 is 0 Å². The number of nitrogens with zero attached hydrogens (tertiary/aromatic N) is 3. The van der Waals surface area contributed by atoms with Crippen molar-refractivity contribution < 1.29 is 14.7 Å². The lowest BCUT2D eigenvalue weighted by Crippen LogP contribution is -2.39. The van der Waals surface area contributed by atoms with Gasteiger partial charge in [0.15, 0.2) is 0 Å². The van der Waals surface area contributed by atoms with Gasteiger partial charge in [-0.05, 0) is 38.3 Å². The Kier molecular flexibility index (Phi) is 4.38. The summed E-state index contributed by atoms with van der Waals surface area (Å²) < 4.78 is 1.79. The van der Waals surface area contributed by atoms with E-state index in [4.69, 9.17) is 5.11 Å². The van der Waals surface area contributed by atoms with E-state index in [1.165, 1.54) is 6.20 Å². The summed E-state index contributed by atoms with van der Waals surface area (Å²) in [6.45, 7) is 5.03. The molecule has 1 aromatic heterocycles. The summed E-state index contributed by atoms with van der Waals surface area (Å²) in [7, 11) is 0. The van der Waals surface area contributed by atoms with Crippen LogP contribution in [-0.2, 0) is 0 Å². The minimum Gasteiger partial charge on any atom is -0.478 e. The van der Waals surface area contributed by atoms with Crippen molar-refractivity contribution in [1.29, 1.82) is 0 Å². The molecule has 0 radical (unpaired) electrons. The fourth-order valence-electron chi connectivity index (χ4n) is 3.30. The van der Waals surface area contributed by atoms with Crippen LogP contribution in [0, 0.1) is 13.8 Å². The molecular weight excluding hydrogens is 306 g/mol. The van der Waals surface area contributed by atoms with Crippen molar-refractivity contribution in [3.05, 3.63) is 52.8 Å². The molecule has 1 aliphatic heterocycles. The smallest absolute Gasteiger partial charge is 0.339 e. The lowest BCUT2D eigenvalue weighted by Gasteiger charge is -2.33. The van der Waals surface area contributed by atoms with Crippen LogP contribution in [0.1, 0.15) is 50.9 Å². The highest BCUT2D eigenvalue weighted by Gasteiger charge is 2.27. The van der Waals surface area contributed by atoms with E-state index in [0.29, 0.717) is 18.8 Å². The highest BCUT2D eigenvalue weighted by Crippen LogP contribution is 2.26. The van der Waals surface area contributed by atoms with Crippen molar-refractivity contribution in [3.8, 4) is 0 Å². The number of rotatable bonds is 3. The number of aryl methyl sites for hydroxylation is 1. The maximum atomic E-state index is 12.6. The molecule has 1 fully saturated rings. The average Bonchev–Trinajstić information content (AvgIpc) is 2.96. The third-order valence-corrected chi connectivity index (χ3v) is 4.75. The number of likely N-dealkylation sites (tertiary alicyclic amines) is 1. The Morgan fingerprint density at radius 1 is 1.12 bits per heavy atom. The van der Waals surface area contributed by atoms with Gasteiger partial charge in [0.2, 0.25) is 0 Å². The number of piperidine rings is 1. The number of aromatic nitrogens is 2. The van der Waals surface area contributed by atoms with E-state index >= 15 is 0 Å². The largest absolute Gasteiger partial charge is 0.478 e. The van der Waals surface area contributed by atoms with Crippen molar-refractivity contribution in [2.24, 2.45) is 0 Å². The maximum Gasteiger partial charge on any atom is 0.339 e. The van der Waals surface area contributed by atoms with Gasteiger partial charge in [-0.3, -0.25) is 9.48 Å². The van der Waals surface area contributed by atoms with E-state index in [1.807, 2.05) is 36.1 Å². The van der Waals surface area contributed by atoms with Crippen LogP contribution in [0.15, 0.2) is 30.5 Å². The van der Waals surface area contributed by atoms with Gasteiger partial charge in [-0.1, -0.05) is 18.2 Å². The lowest BCUT2D eigenvalue weighted by molar-refractivity contribution is 0.0687. The summed E-state index contributed by atoms with van der Waals surface area (Å²) in [6, 6.07) is 7.76. The molecule has 0 bridgehead atoms. The normalized spacial score (nSPS) is 15.5. The first-order valence-corrected chi connectivity index (χ1v) is 8.11. The molecular formula is C18H21N3O3. The van der Waals surface area contributed by atoms with Crippen LogP contribution in [0.2, 0.25) is 0 Å². The van der Waals surface area contributed by atoms with E-state index in [1.54, 1.807) is 11.6 Å². The summed E-state index contributed by atoms with van der Waals surface area (Å²) in [5.74, 6) is -0.888. The zero-order valence-electron chi connectivity index (χ0n) is 13.9. The van der Waals surface area contributed by atoms with Crippen molar-refractivity contribution in [2.75, 3.05) is 13.1 Å². The van der Waals surface area contributed by atoms with Gasteiger partial charge in [0.1, 0.15) is 5.56 Å². The monoisotopic (exact) mass is 327 g/mol. The second-order valence-corrected chi connectivity index (χ2v) is 6.23. The Bertz CT molecular complexity index is 774. The highest BCUT2D eigenvalue weighted by molar-refractivity contribution is 5.95. The van der Waals surface area contributed by atoms with Gasteiger partial charge in [0, 0.05) is 18.7 Å². The molecule has 6 nitrogen and oxygen atoms in total. The summed E-state index contributed by atoms with van der Waals surface area (Å²) >= 11 is 0. The number of benzene rings is 1. The molecule has 24 heavy (non-hydrogen) atoms. The van der Waals surface area contributed by atoms with Crippen molar-refractivity contribution in [2.45, 2.75) is 32.7 Å². The van der Waals surface area contributed by atoms with Gasteiger partial charge in [-0.2, -0.15) is 5.10 Å². The standard InChI is InChI=1S/C18H21N3O3/c1-12-5-3-4-6-15(12)17(22)20-9-7-14(8-10-20)21-13(2)16(11-19-21)18(23)24/h3-6,11,14H,7-10H2,1-2H3,(H,23,24). The molecule has 1 aromatic carbocycles. The van der Waals surface area contributed by atoms with Crippen LogP contribution in [0.5, 0.6) is 0 Å². The van der Waals surface area contributed by atoms with Gasteiger partial charge >= 0.3 is 5.97 Å². The number of hydrogen-bond donors (Lipinski definition) is 1. The minimum atomic E-state index is -0.953. The quantitative estimate of drug-likeness (QED) is 0.940. The molecule has 2 aromatic rings. The van der Waals surface area contributed by atoms with Crippen molar-refractivity contribution in [1.82, 2.24) is 14.7 Å². The Morgan fingerprint density at radius 2 is 1.79 bits per heavy atom. The molecule has 0 atom stereocenters. The Labute approximate surface area is 140 Å². The minimum absolute atomic E-state index is 0.0648. The Morgan fingerprint density at radius 3 is 2.38 bits per heavy atom. The van der Waals surface area contributed by atoms with Crippen LogP contribution in [0.3, 0.4) is 0 Å². The number of carbonyl (C=O) groups excluding carboxylic acids is 1. The fraction of sp³-hybridized carbons (Fsp3) is 0.389. The lowest BCUT2D eigenvalue weighted by atomic mass is 10.0. The predicted octanol–water partition coefficient (Wildman–Crippen LogP) is 2.68. The molecule has 0 unspecified atom stereocenters. The molecule has 0 spiro atoms. The molecule has 3 rings (SSSR count). The molecule has 126 valence electrons. The predicted molar refractivity (Wildman–Crippen MR) is 89.3 cm³/mol. The Balaban J connectivity index is 1.69.